The highest BCUT2D eigenvalue weighted by Gasteiger charge is 2.09. The number of phenolic OH excluding ortho intramolecular Hbond substituents is 1. The molecule has 4 nitrogen and oxygen atoms in total. The molecule has 0 atom stereocenters. The predicted octanol–water partition coefficient (Wildman–Crippen LogP) is 4.59. The first-order valence-corrected chi connectivity index (χ1v) is 7.79. The van der Waals surface area contributed by atoms with Crippen LogP contribution in [0.2, 0.25) is 5.02 Å². The first kappa shape index (κ1) is 16.1. The number of rotatable bonds is 4. The first-order valence-electron chi connectivity index (χ1n) is 5.82. The van der Waals surface area contributed by atoms with Gasteiger partial charge < -0.3 is 15.2 Å². The molecular formula is C14H10Br2ClNO3. The highest BCUT2D eigenvalue weighted by Crippen LogP contribution is 2.35. The van der Waals surface area contributed by atoms with Crippen molar-refractivity contribution in [2.45, 2.75) is 0 Å². The number of anilines is 1. The van der Waals surface area contributed by atoms with Gasteiger partial charge in [-0.1, -0.05) is 23.7 Å². The van der Waals surface area contributed by atoms with Gasteiger partial charge in [-0.2, -0.15) is 0 Å². The average molecular weight is 435 g/mol. The Morgan fingerprint density at radius 3 is 2.48 bits per heavy atom. The van der Waals surface area contributed by atoms with Crippen molar-refractivity contribution in [1.29, 1.82) is 0 Å². The van der Waals surface area contributed by atoms with Crippen molar-refractivity contribution in [1.82, 2.24) is 0 Å². The van der Waals surface area contributed by atoms with Crippen LogP contribution in [0.5, 0.6) is 11.5 Å². The zero-order chi connectivity index (χ0) is 15.4. The smallest absolute Gasteiger partial charge is 0.262 e. The molecule has 21 heavy (non-hydrogen) atoms. The molecule has 2 aromatic carbocycles. The molecule has 0 radical (unpaired) electrons. The van der Waals surface area contributed by atoms with E-state index in [9.17, 15) is 9.90 Å². The number of ether oxygens (including phenoxy) is 1. The van der Waals surface area contributed by atoms with Gasteiger partial charge in [-0.05, 0) is 56.1 Å². The van der Waals surface area contributed by atoms with Crippen molar-refractivity contribution < 1.29 is 14.6 Å². The van der Waals surface area contributed by atoms with Crippen LogP contribution in [0, 0.1) is 0 Å². The van der Waals surface area contributed by atoms with E-state index < -0.39 is 0 Å². The van der Waals surface area contributed by atoms with Crippen molar-refractivity contribution in [2.24, 2.45) is 0 Å². The van der Waals surface area contributed by atoms with Gasteiger partial charge in [0.25, 0.3) is 5.91 Å². The third-order valence-corrected chi connectivity index (χ3v) is 4.02. The predicted molar refractivity (Wildman–Crippen MR) is 89.1 cm³/mol. The Hall–Kier alpha value is -1.24. The summed E-state index contributed by atoms with van der Waals surface area (Å²) >= 11 is 12.3. The van der Waals surface area contributed by atoms with Gasteiger partial charge in [0.15, 0.2) is 6.61 Å². The second kappa shape index (κ2) is 7.15. The van der Waals surface area contributed by atoms with Crippen LogP contribution in [0.15, 0.2) is 45.3 Å². The van der Waals surface area contributed by atoms with Crippen molar-refractivity contribution in [2.75, 3.05) is 11.9 Å². The van der Waals surface area contributed by atoms with E-state index in [2.05, 4.69) is 37.2 Å². The molecule has 1 amide bonds. The average Bonchev–Trinajstić information content (AvgIpc) is 2.44. The van der Waals surface area contributed by atoms with Crippen LogP contribution in [-0.2, 0) is 4.79 Å². The molecule has 0 bridgehead atoms. The number of para-hydroxylation sites is 1. The van der Waals surface area contributed by atoms with Crippen LogP contribution in [-0.4, -0.2) is 17.6 Å². The lowest BCUT2D eigenvalue weighted by Gasteiger charge is -2.10. The number of hydrogen-bond donors (Lipinski definition) is 2. The molecule has 0 heterocycles. The lowest BCUT2D eigenvalue weighted by atomic mass is 10.3. The van der Waals surface area contributed by atoms with Gasteiger partial charge in [0, 0.05) is 5.69 Å². The van der Waals surface area contributed by atoms with E-state index in [1.807, 2.05) is 0 Å². The molecule has 0 saturated carbocycles. The van der Waals surface area contributed by atoms with E-state index in [1.54, 1.807) is 36.4 Å². The number of nitrogens with one attached hydrogen (secondary N) is 1. The summed E-state index contributed by atoms with van der Waals surface area (Å²) in [5, 5.41) is 12.7. The Morgan fingerprint density at radius 2 is 1.86 bits per heavy atom. The third kappa shape index (κ3) is 4.36. The fourth-order valence-corrected chi connectivity index (χ4v) is 2.92. The Balaban J connectivity index is 1.98. The van der Waals surface area contributed by atoms with Gasteiger partial charge in [-0.15, -0.1) is 0 Å². The Kier molecular flexibility index (Phi) is 5.50. The lowest BCUT2D eigenvalue weighted by Crippen LogP contribution is -2.20. The van der Waals surface area contributed by atoms with Gasteiger partial charge in [0.1, 0.15) is 11.5 Å². The fourth-order valence-electron chi connectivity index (χ4n) is 1.54. The fraction of sp³-hybridized carbons (Fsp3) is 0.0714. The standard InChI is InChI=1S/C14H10Br2ClNO3/c15-9-5-8(6-10(16)14(9)20)18-13(19)7-21-12-4-2-1-3-11(12)17/h1-6,20H,7H2,(H,18,19). The van der Waals surface area contributed by atoms with Crippen molar-refractivity contribution in [3.05, 3.63) is 50.4 Å². The zero-order valence-corrected chi connectivity index (χ0v) is 14.5. The van der Waals surface area contributed by atoms with Crippen LogP contribution in [0.4, 0.5) is 5.69 Å². The Morgan fingerprint density at radius 1 is 1.24 bits per heavy atom. The topological polar surface area (TPSA) is 58.6 Å². The molecule has 0 aromatic heterocycles. The van der Waals surface area contributed by atoms with Crippen molar-refractivity contribution >= 4 is 55.1 Å². The van der Waals surface area contributed by atoms with Gasteiger partial charge in [0.05, 0.1) is 14.0 Å². The number of carbonyl (C=O) groups excluding carboxylic acids is 1. The molecule has 0 saturated heterocycles. The molecule has 0 spiro atoms. The second-order valence-electron chi connectivity index (χ2n) is 4.06. The number of hydrogen-bond acceptors (Lipinski definition) is 3. The molecule has 0 aliphatic rings. The molecule has 2 aromatic rings. The van der Waals surface area contributed by atoms with Crippen molar-refractivity contribution in [3.8, 4) is 11.5 Å². The maximum Gasteiger partial charge on any atom is 0.262 e. The van der Waals surface area contributed by atoms with Crippen LogP contribution in [0.25, 0.3) is 0 Å². The molecule has 110 valence electrons. The molecular weight excluding hydrogens is 425 g/mol. The summed E-state index contributed by atoms with van der Waals surface area (Å²) in [6.07, 6.45) is 0. The Bertz CT molecular complexity index is 656. The zero-order valence-electron chi connectivity index (χ0n) is 10.6. The molecule has 0 aliphatic carbocycles. The summed E-state index contributed by atoms with van der Waals surface area (Å²) < 4.78 is 6.28. The molecule has 2 N–H and O–H groups in total. The number of aromatic hydroxyl groups is 1. The largest absolute Gasteiger partial charge is 0.506 e. The highest BCUT2D eigenvalue weighted by molar-refractivity contribution is 9.11. The monoisotopic (exact) mass is 433 g/mol. The highest BCUT2D eigenvalue weighted by atomic mass is 79.9. The van der Waals surface area contributed by atoms with Gasteiger partial charge >= 0.3 is 0 Å². The van der Waals surface area contributed by atoms with Crippen LogP contribution >= 0.6 is 43.5 Å². The van der Waals surface area contributed by atoms with E-state index in [-0.39, 0.29) is 18.3 Å². The normalized spacial score (nSPS) is 10.2. The van der Waals surface area contributed by atoms with E-state index in [4.69, 9.17) is 16.3 Å². The van der Waals surface area contributed by atoms with Crippen LogP contribution in [0.3, 0.4) is 0 Å². The molecule has 0 fully saturated rings. The second-order valence-corrected chi connectivity index (χ2v) is 6.17. The first-order chi connectivity index (χ1) is 9.97. The number of halogens is 3. The molecule has 7 heteroatoms. The minimum atomic E-state index is -0.334. The maximum atomic E-state index is 11.8. The summed E-state index contributed by atoms with van der Waals surface area (Å²) in [5.74, 6) is 0.183. The van der Waals surface area contributed by atoms with Crippen LogP contribution < -0.4 is 10.1 Å². The molecule has 2 rings (SSSR count). The SMILES string of the molecule is O=C(COc1ccccc1Cl)Nc1cc(Br)c(O)c(Br)c1. The minimum absolute atomic E-state index is 0.0697. The third-order valence-electron chi connectivity index (χ3n) is 2.50. The van der Waals surface area contributed by atoms with E-state index >= 15 is 0 Å². The summed E-state index contributed by atoms with van der Waals surface area (Å²) in [6, 6.07) is 10.1. The summed E-state index contributed by atoms with van der Waals surface area (Å²) in [4.78, 5) is 11.8. The number of benzene rings is 2. The van der Waals surface area contributed by atoms with Gasteiger partial charge in [0.2, 0.25) is 0 Å². The molecule has 0 unspecified atom stereocenters. The maximum absolute atomic E-state index is 11.8. The van der Waals surface area contributed by atoms with Crippen LogP contribution in [0.1, 0.15) is 0 Å². The van der Waals surface area contributed by atoms with Gasteiger partial charge in [-0.3, -0.25) is 4.79 Å². The summed E-state index contributed by atoms with van der Waals surface area (Å²) in [5.41, 5.74) is 0.527. The Labute approximate surface area is 143 Å². The van der Waals surface area contributed by atoms with E-state index in [0.717, 1.165) is 0 Å². The quantitative estimate of drug-likeness (QED) is 0.691. The molecule has 0 aliphatic heterocycles. The number of amides is 1. The number of phenols is 1. The van der Waals surface area contributed by atoms with E-state index in [1.165, 1.54) is 0 Å². The van der Waals surface area contributed by atoms with E-state index in [0.29, 0.717) is 25.4 Å². The minimum Gasteiger partial charge on any atom is -0.506 e. The lowest BCUT2D eigenvalue weighted by molar-refractivity contribution is -0.118. The van der Waals surface area contributed by atoms with Crippen molar-refractivity contribution in [3.63, 3.8) is 0 Å². The summed E-state index contributed by atoms with van der Waals surface area (Å²) in [6.45, 7) is -0.167. The summed E-state index contributed by atoms with van der Waals surface area (Å²) in [7, 11) is 0. The van der Waals surface area contributed by atoms with Gasteiger partial charge in [-0.25, -0.2) is 0 Å². The number of carbonyl (C=O) groups is 1.